The van der Waals surface area contributed by atoms with Gasteiger partial charge < -0.3 is 10.1 Å². The summed E-state index contributed by atoms with van der Waals surface area (Å²) in [5.41, 5.74) is 2.55. The maximum atomic E-state index is 5.82. The van der Waals surface area contributed by atoms with E-state index in [9.17, 15) is 0 Å². The smallest absolute Gasteiger partial charge is 0.119 e. The van der Waals surface area contributed by atoms with Gasteiger partial charge in [-0.15, -0.1) is 0 Å². The van der Waals surface area contributed by atoms with Crippen LogP contribution >= 0.6 is 0 Å². The molecule has 0 bridgehead atoms. The molecular weight excluding hydrogens is 234 g/mol. The van der Waals surface area contributed by atoms with Gasteiger partial charge in [-0.2, -0.15) is 0 Å². The van der Waals surface area contributed by atoms with Crippen LogP contribution in [0.5, 0.6) is 5.75 Å². The van der Waals surface area contributed by atoms with E-state index in [2.05, 4.69) is 37.4 Å². The fourth-order valence-electron chi connectivity index (χ4n) is 2.89. The number of hydrogen-bond acceptors (Lipinski definition) is 2. The van der Waals surface area contributed by atoms with E-state index >= 15 is 0 Å². The summed E-state index contributed by atoms with van der Waals surface area (Å²) in [4.78, 5) is 0. The number of benzene rings is 1. The van der Waals surface area contributed by atoms with Crippen LogP contribution in [0, 0.1) is 13.8 Å². The van der Waals surface area contributed by atoms with Crippen molar-refractivity contribution < 1.29 is 4.74 Å². The maximum absolute atomic E-state index is 5.82. The molecule has 1 aliphatic rings. The van der Waals surface area contributed by atoms with E-state index in [-0.39, 0.29) is 0 Å². The zero-order valence-corrected chi connectivity index (χ0v) is 12.4. The van der Waals surface area contributed by atoms with Crippen molar-refractivity contribution in [3.05, 3.63) is 29.3 Å². The summed E-state index contributed by atoms with van der Waals surface area (Å²) in [6.07, 6.45) is 8.03. The van der Waals surface area contributed by atoms with Crippen LogP contribution in [0.1, 0.15) is 49.7 Å². The first kappa shape index (κ1) is 14.4. The first-order valence-corrected chi connectivity index (χ1v) is 7.68. The summed E-state index contributed by atoms with van der Waals surface area (Å²) in [6.45, 7) is 6.12. The fourth-order valence-corrected chi connectivity index (χ4v) is 2.89. The van der Waals surface area contributed by atoms with E-state index in [1.165, 1.54) is 43.2 Å². The van der Waals surface area contributed by atoms with Gasteiger partial charge in [-0.05, 0) is 62.9 Å². The minimum Gasteiger partial charge on any atom is -0.494 e. The molecule has 1 aromatic rings. The molecule has 1 saturated carbocycles. The first-order chi connectivity index (χ1) is 9.24. The summed E-state index contributed by atoms with van der Waals surface area (Å²) in [6, 6.07) is 7.16. The zero-order valence-electron chi connectivity index (χ0n) is 12.4. The molecule has 0 saturated heterocycles. The molecule has 0 atom stereocenters. The van der Waals surface area contributed by atoms with Crippen molar-refractivity contribution in [3.63, 3.8) is 0 Å². The Balaban J connectivity index is 1.60. The molecular formula is C17H27NO. The lowest BCUT2D eigenvalue weighted by atomic mass is 9.95. The van der Waals surface area contributed by atoms with Gasteiger partial charge >= 0.3 is 0 Å². The highest BCUT2D eigenvalue weighted by atomic mass is 16.5. The molecule has 0 aliphatic heterocycles. The van der Waals surface area contributed by atoms with Gasteiger partial charge in [0.2, 0.25) is 0 Å². The standard InChI is InChI=1S/C17H27NO/c1-14-11-15(2)13-17(12-14)19-10-6-9-18-16-7-4-3-5-8-16/h11-13,16,18H,3-10H2,1-2H3. The summed E-state index contributed by atoms with van der Waals surface area (Å²) >= 11 is 0. The van der Waals surface area contributed by atoms with Crippen molar-refractivity contribution >= 4 is 0 Å². The number of aryl methyl sites for hydroxylation is 2. The van der Waals surface area contributed by atoms with Gasteiger partial charge in [0.05, 0.1) is 6.61 Å². The van der Waals surface area contributed by atoms with Gasteiger partial charge in [-0.25, -0.2) is 0 Å². The lowest BCUT2D eigenvalue weighted by Crippen LogP contribution is -2.32. The van der Waals surface area contributed by atoms with Crippen LogP contribution < -0.4 is 10.1 Å². The van der Waals surface area contributed by atoms with E-state index < -0.39 is 0 Å². The molecule has 2 rings (SSSR count). The molecule has 0 amide bonds. The highest BCUT2D eigenvalue weighted by Crippen LogP contribution is 2.18. The van der Waals surface area contributed by atoms with E-state index in [0.29, 0.717) is 0 Å². The van der Waals surface area contributed by atoms with Gasteiger partial charge in [0, 0.05) is 6.04 Å². The average molecular weight is 261 g/mol. The van der Waals surface area contributed by atoms with Crippen LogP contribution in [0.4, 0.5) is 0 Å². The fraction of sp³-hybridized carbons (Fsp3) is 0.647. The molecule has 0 radical (unpaired) electrons. The molecule has 2 heteroatoms. The second kappa shape index (κ2) is 7.54. The normalized spacial score (nSPS) is 16.5. The van der Waals surface area contributed by atoms with Crippen molar-refractivity contribution in [3.8, 4) is 5.75 Å². The first-order valence-electron chi connectivity index (χ1n) is 7.68. The molecule has 0 unspecified atom stereocenters. The molecule has 1 aromatic carbocycles. The Morgan fingerprint density at radius 3 is 2.42 bits per heavy atom. The molecule has 106 valence electrons. The van der Waals surface area contributed by atoms with Gasteiger partial charge in [-0.1, -0.05) is 25.3 Å². The van der Waals surface area contributed by atoms with E-state index in [4.69, 9.17) is 4.74 Å². The van der Waals surface area contributed by atoms with Crippen molar-refractivity contribution in [2.24, 2.45) is 0 Å². The topological polar surface area (TPSA) is 21.3 Å². The third-order valence-corrected chi connectivity index (χ3v) is 3.82. The number of rotatable bonds is 6. The minimum atomic E-state index is 0.759. The third-order valence-electron chi connectivity index (χ3n) is 3.82. The monoisotopic (exact) mass is 261 g/mol. The second-order valence-corrected chi connectivity index (χ2v) is 5.81. The largest absolute Gasteiger partial charge is 0.494 e. The Labute approximate surface area is 117 Å². The SMILES string of the molecule is Cc1cc(C)cc(OCCCNC2CCCCC2)c1. The second-order valence-electron chi connectivity index (χ2n) is 5.81. The molecule has 0 heterocycles. The van der Waals surface area contributed by atoms with Crippen LogP contribution in [0.25, 0.3) is 0 Å². The summed E-state index contributed by atoms with van der Waals surface area (Å²) in [5, 5.41) is 3.65. The molecule has 0 aromatic heterocycles. The number of nitrogens with one attached hydrogen (secondary N) is 1. The van der Waals surface area contributed by atoms with Crippen molar-refractivity contribution in [2.45, 2.75) is 58.4 Å². The zero-order chi connectivity index (χ0) is 13.5. The van der Waals surface area contributed by atoms with Crippen molar-refractivity contribution in [1.29, 1.82) is 0 Å². The third kappa shape index (κ3) is 5.23. The Hall–Kier alpha value is -1.02. The van der Waals surface area contributed by atoms with Crippen molar-refractivity contribution in [1.82, 2.24) is 5.32 Å². The summed E-state index contributed by atoms with van der Waals surface area (Å²) < 4.78 is 5.82. The van der Waals surface area contributed by atoms with Gasteiger partial charge in [-0.3, -0.25) is 0 Å². The lowest BCUT2D eigenvalue weighted by molar-refractivity contribution is 0.296. The average Bonchev–Trinajstić information content (AvgIpc) is 2.38. The number of ether oxygens (including phenoxy) is 1. The minimum absolute atomic E-state index is 0.759. The van der Waals surface area contributed by atoms with Crippen LogP contribution in [0.15, 0.2) is 18.2 Å². The van der Waals surface area contributed by atoms with Crippen LogP contribution in [-0.4, -0.2) is 19.2 Å². The van der Waals surface area contributed by atoms with E-state index in [1.807, 2.05) is 0 Å². The molecule has 2 nitrogen and oxygen atoms in total. The number of hydrogen-bond donors (Lipinski definition) is 1. The van der Waals surface area contributed by atoms with Gasteiger partial charge in [0.25, 0.3) is 0 Å². The summed E-state index contributed by atoms with van der Waals surface area (Å²) in [5.74, 6) is 1.01. The quantitative estimate of drug-likeness (QED) is 0.782. The highest BCUT2D eigenvalue weighted by Gasteiger charge is 2.11. The maximum Gasteiger partial charge on any atom is 0.119 e. The highest BCUT2D eigenvalue weighted by molar-refractivity contribution is 5.32. The van der Waals surface area contributed by atoms with E-state index in [1.54, 1.807) is 0 Å². The van der Waals surface area contributed by atoms with Crippen molar-refractivity contribution in [2.75, 3.05) is 13.2 Å². The molecule has 1 N–H and O–H groups in total. The summed E-state index contributed by atoms with van der Waals surface area (Å²) in [7, 11) is 0. The van der Waals surface area contributed by atoms with E-state index in [0.717, 1.165) is 31.4 Å². The Morgan fingerprint density at radius 1 is 1.05 bits per heavy atom. The Kier molecular flexibility index (Phi) is 5.71. The van der Waals surface area contributed by atoms with Crippen LogP contribution in [0.3, 0.4) is 0 Å². The molecule has 0 spiro atoms. The molecule has 1 fully saturated rings. The van der Waals surface area contributed by atoms with Gasteiger partial charge in [0.1, 0.15) is 5.75 Å². The molecule has 1 aliphatic carbocycles. The predicted molar refractivity (Wildman–Crippen MR) is 80.9 cm³/mol. The van der Waals surface area contributed by atoms with Crippen LogP contribution in [-0.2, 0) is 0 Å². The molecule has 19 heavy (non-hydrogen) atoms. The Bertz CT molecular complexity index is 363. The van der Waals surface area contributed by atoms with Crippen LogP contribution in [0.2, 0.25) is 0 Å². The van der Waals surface area contributed by atoms with Gasteiger partial charge in [0.15, 0.2) is 0 Å². The Morgan fingerprint density at radius 2 is 1.74 bits per heavy atom. The lowest BCUT2D eigenvalue weighted by Gasteiger charge is -2.22. The predicted octanol–water partition coefficient (Wildman–Crippen LogP) is 3.99.